The summed E-state index contributed by atoms with van der Waals surface area (Å²) >= 11 is 0. The van der Waals surface area contributed by atoms with Crippen LogP contribution in [0.25, 0.3) is 0 Å². The molecule has 0 bridgehead atoms. The van der Waals surface area contributed by atoms with Crippen LogP contribution in [0.2, 0.25) is 0 Å². The molecule has 1 aromatic heterocycles. The first-order valence-electron chi connectivity index (χ1n) is 10.6. The van der Waals surface area contributed by atoms with Crippen LogP contribution in [0.1, 0.15) is 44.5 Å². The summed E-state index contributed by atoms with van der Waals surface area (Å²) in [5, 5.41) is 19.8. The number of pyridine rings is 1. The molecule has 1 aliphatic rings. The van der Waals surface area contributed by atoms with Gasteiger partial charge in [-0.15, -0.1) is 0 Å². The van der Waals surface area contributed by atoms with E-state index in [4.69, 9.17) is 28.4 Å². The molecule has 0 spiro atoms. The topological polar surface area (TPSA) is 177 Å². The molecule has 35 heavy (non-hydrogen) atoms. The van der Waals surface area contributed by atoms with E-state index in [2.05, 4.69) is 4.98 Å². The third-order valence-electron chi connectivity index (χ3n) is 4.94. The van der Waals surface area contributed by atoms with Crippen LogP contribution in [0.15, 0.2) is 6.20 Å². The van der Waals surface area contributed by atoms with Gasteiger partial charge in [-0.3, -0.25) is 24.2 Å². The number of aliphatic hydroxyl groups is 1. The first kappa shape index (κ1) is 28.0. The molecule has 2 N–H and O–H groups in total. The van der Waals surface area contributed by atoms with Crippen molar-refractivity contribution in [3.8, 4) is 5.75 Å². The van der Waals surface area contributed by atoms with Crippen LogP contribution in [-0.4, -0.2) is 76.4 Å². The van der Waals surface area contributed by atoms with Crippen molar-refractivity contribution in [3.05, 3.63) is 23.0 Å². The lowest BCUT2D eigenvalue weighted by atomic mass is 9.98. The van der Waals surface area contributed by atoms with Crippen molar-refractivity contribution in [1.82, 2.24) is 4.98 Å². The Morgan fingerprint density at radius 2 is 1.51 bits per heavy atom. The Bertz CT molecular complexity index is 949. The summed E-state index contributed by atoms with van der Waals surface area (Å²) in [6, 6.07) is 0. The Morgan fingerprint density at radius 3 is 2.06 bits per heavy atom. The lowest BCUT2D eigenvalue weighted by Crippen LogP contribution is -2.62. The SMILES string of the molecule is CC(=O)OC[C@H]1O[C@@H](OCc2cnc(C)c(O)c2CO)[C@H](OC(C)=O)[C@@H](OC(C)=O)[C@H]1OC(C)=O. The molecule has 5 atom stereocenters. The number of nitrogens with zero attached hydrogens (tertiary/aromatic N) is 1. The van der Waals surface area contributed by atoms with E-state index in [1.165, 1.54) is 6.20 Å². The van der Waals surface area contributed by atoms with Gasteiger partial charge in [0.05, 0.1) is 18.9 Å². The van der Waals surface area contributed by atoms with Gasteiger partial charge in [0.1, 0.15) is 18.5 Å². The van der Waals surface area contributed by atoms with Crippen LogP contribution in [-0.2, 0) is 60.8 Å². The van der Waals surface area contributed by atoms with Gasteiger partial charge in [-0.05, 0) is 6.92 Å². The molecule has 0 unspecified atom stereocenters. The highest BCUT2D eigenvalue weighted by atomic mass is 16.7. The van der Waals surface area contributed by atoms with Gasteiger partial charge < -0.3 is 38.6 Å². The van der Waals surface area contributed by atoms with E-state index >= 15 is 0 Å². The number of ether oxygens (including phenoxy) is 6. The van der Waals surface area contributed by atoms with Crippen LogP contribution >= 0.6 is 0 Å². The normalized spacial score (nSPS) is 23.8. The molecule has 0 saturated carbocycles. The number of aryl methyl sites for hydroxylation is 1. The van der Waals surface area contributed by atoms with Crippen LogP contribution in [0.5, 0.6) is 5.75 Å². The van der Waals surface area contributed by atoms with Gasteiger partial charge in [0, 0.05) is 45.0 Å². The largest absolute Gasteiger partial charge is 0.506 e. The number of aromatic hydroxyl groups is 1. The number of aliphatic hydroxyl groups excluding tert-OH is 1. The van der Waals surface area contributed by atoms with Crippen LogP contribution in [0.4, 0.5) is 0 Å². The molecule has 1 saturated heterocycles. The monoisotopic (exact) mass is 499 g/mol. The molecule has 0 aromatic carbocycles. The summed E-state index contributed by atoms with van der Waals surface area (Å²) < 4.78 is 32.6. The molecule has 194 valence electrons. The van der Waals surface area contributed by atoms with Gasteiger partial charge in [0.25, 0.3) is 0 Å². The Morgan fingerprint density at radius 1 is 0.943 bits per heavy atom. The van der Waals surface area contributed by atoms with Crippen molar-refractivity contribution >= 4 is 23.9 Å². The summed E-state index contributed by atoms with van der Waals surface area (Å²) in [6.07, 6.45) is -5.25. The van der Waals surface area contributed by atoms with E-state index < -0.39 is 67.8 Å². The first-order chi connectivity index (χ1) is 16.4. The van der Waals surface area contributed by atoms with Crippen molar-refractivity contribution in [2.75, 3.05) is 6.61 Å². The van der Waals surface area contributed by atoms with Crippen LogP contribution < -0.4 is 0 Å². The van der Waals surface area contributed by atoms with Gasteiger partial charge >= 0.3 is 23.9 Å². The van der Waals surface area contributed by atoms with Gasteiger partial charge in [-0.25, -0.2) is 0 Å². The molecule has 1 aromatic rings. The summed E-state index contributed by atoms with van der Waals surface area (Å²) in [5.74, 6) is -3.15. The number of carbonyl (C=O) groups is 4. The van der Waals surface area contributed by atoms with Gasteiger partial charge in [0.15, 0.2) is 24.6 Å². The Hall–Kier alpha value is -3.29. The highest BCUT2D eigenvalue weighted by molar-refractivity contribution is 5.68. The maximum Gasteiger partial charge on any atom is 0.303 e. The molecule has 0 aliphatic carbocycles. The van der Waals surface area contributed by atoms with E-state index in [1.54, 1.807) is 6.92 Å². The third-order valence-corrected chi connectivity index (χ3v) is 4.94. The maximum absolute atomic E-state index is 11.9. The zero-order valence-electron chi connectivity index (χ0n) is 20.0. The van der Waals surface area contributed by atoms with Crippen molar-refractivity contribution in [2.45, 2.75) is 78.5 Å². The minimum atomic E-state index is -1.40. The van der Waals surface area contributed by atoms with Crippen molar-refractivity contribution in [3.63, 3.8) is 0 Å². The fourth-order valence-electron chi connectivity index (χ4n) is 3.48. The summed E-state index contributed by atoms with van der Waals surface area (Å²) in [4.78, 5) is 50.9. The maximum atomic E-state index is 11.9. The average Bonchev–Trinajstić information content (AvgIpc) is 2.75. The van der Waals surface area contributed by atoms with Crippen molar-refractivity contribution in [1.29, 1.82) is 0 Å². The zero-order valence-corrected chi connectivity index (χ0v) is 20.0. The van der Waals surface area contributed by atoms with E-state index in [0.29, 0.717) is 11.3 Å². The van der Waals surface area contributed by atoms with E-state index in [9.17, 15) is 29.4 Å². The summed E-state index contributed by atoms with van der Waals surface area (Å²) in [7, 11) is 0. The summed E-state index contributed by atoms with van der Waals surface area (Å²) in [5.41, 5.74) is 0.775. The molecule has 1 aliphatic heterocycles. The number of hydrogen-bond acceptors (Lipinski definition) is 13. The van der Waals surface area contributed by atoms with Crippen molar-refractivity contribution in [2.24, 2.45) is 0 Å². The fourth-order valence-corrected chi connectivity index (χ4v) is 3.48. The summed E-state index contributed by atoms with van der Waals surface area (Å²) in [6.45, 7) is 4.87. The van der Waals surface area contributed by atoms with Crippen LogP contribution in [0.3, 0.4) is 0 Å². The number of esters is 4. The highest BCUT2D eigenvalue weighted by Crippen LogP contribution is 2.31. The number of aromatic nitrogens is 1. The smallest absolute Gasteiger partial charge is 0.303 e. The van der Waals surface area contributed by atoms with E-state index in [-0.39, 0.29) is 17.9 Å². The van der Waals surface area contributed by atoms with E-state index in [0.717, 1.165) is 27.7 Å². The molecule has 13 heteroatoms. The Balaban J connectivity index is 2.43. The first-order valence-corrected chi connectivity index (χ1v) is 10.6. The molecule has 2 heterocycles. The lowest BCUT2D eigenvalue weighted by molar-refractivity contribution is -0.310. The second-order valence-electron chi connectivity index (χ2n) is 7.73. The second kappa shape index (κ2) is 12.4. The number of hydrogen-bond donors (Lipinski definition) is 2. The predicted molar refractivity (Wildman–Crippen MR) is 113 cm³/mol. The Kier molecular flexibility index (Phi) is 9.92. The quantitative estimate of drug-likeness (QED) is 0.348. The lowest BCUT2D eigenvalue weighted by Gasteiger charge is -2.44. The molecule has 1 fully saturated rings. The highest BCUT2D eigenvalue weighted by Gasteiger charge is 2.52. The molecule has 13 nitrogen and oxygen atoms in total. The Labute approximate surface area is 201 Å². The standard InChI is InChI=1S/C22H29NO12/c1-10-18(29)16(7-24)15(6-23-10)8-31-22-21(34-14(5)28)20(33-13(4)27)19(32-12(3)26)17(35-22)9-30-11(2)25/h6,17,19-22,24,29H,7-9H2,1-5H3/t17-,19+,20+,21-,22-/m1/s1. The van der Waals surface area contributed by atoms with E-state index in [1.807, 2.05) is 0 Å². The fraction of sp³-hybridized carbons (Fsp3) is 0.591. The molecule has 0 radical (unpaired) electrons. The van der Waals surface area contributed by atoms with Gasteiger partial charge in [-0.1, -0.05) is 0 Å². The molecular weight excluding hydrogens is 470 g/mol. The molecule has 0 amide bonds. The number of rotatable bonds is 9. The predicted octanol–water partition coefficient (Wildman–Crippen LogP) is 0.188. The van der Waals surface area contributed by atoms with Gasteiger partial charge in [0.2, 0.25) is 0 Å². The van der Waals surface area contributed by atoms with Crippen LogP contribution in [0, 0.1) is 6.92 Å². The molecule has 2 rings (SSSR count). The zero-order chi connectivity index (χ0) is 26.3. The number of carbonyl (C=O) groups excluding carboxylic acids is 4. The minimum Gasteiger partial charge on any atom is -0.506 e. The average molecular weight is 499 g/mol. The van der Waals surface area contributed by atoms with Crippen molar-refractivity contribution < 1.29 is 57.8 Å². The minimum absolute atomic E-state index is 0.170. The third kappa shape index (κ3) is 7.60. The van der Waals surface area contributed by atoms with Gasteiger partial charge in [-0.2, -0.15) is 0 Å². The second-order valence-corrected chi connectivity index (χ2v) is 7.73. The molecular formula is C22H29NO12.